The van der Waals surface area contributed by atoms with Crippen LogP contribution in [0.4, 0.5) is 5.82 Å². The van der Waals surface area contributed by atoms with Gasteiger partial charge in [-0.3, -0.25) is 4.79 Å². The van der Waals surface area contributed by atoms with Gasteiger partial charge in [-0.15, -0.1) is 0 Å². The van der Waals surface area contributed by atoms with Crippen LogP contribution in [-0.4, -0.2) is 79.1 Å². The van der Waals surface area contributed by atoms with Crippen molar-refractivity contribution in [1.29, 1.82) is 5.26 Å². The van der Waals surface area contributed by atoms with Crippen LogP contribution in [-0.2, 0) is 35.4 Å². The third-order valence-corrected chi connectivity index (χ3v) is 8.21. The van der Waals surface area contributed by atoms with Crippen LogP contribution in [0.3, 0.4) is 0 Å². The number of benzene rings is 1. The maximum atomic E-state index is 11.9. The number of nitriles is 1. The van der Waals surface area contributed by atoms with Crippen LogP contribution in [0.25, 0.3) is 0 Å². The van der Waals surface area contributed by atoms with E-state index in [-0.39, 0.29) is 12.0 Å². The Morgan fingerprint density at radius 2 is 1.78 bits per heavy atom. The quantitative estimate of drug-likeness (QED) is 0.512. The number of methoxy groups -OCH3 is 1. The number of likely N-dealkylation sites (tertiary alicyclic amines) is 1. The van der Waals surface area contributed by atoms with E-state index in [0.717, 1.165) is 29.9 Å². The van der Waals surface area contributed by atoms with Crippen LogP contribution in [0.2, 0.25) is 0 Å². The largest absolute Gasteiger partial charge is 0.467 e. The molecular weight excluding hydrogens is 516 g/mol. The number of nitrogens with zero attached hydrogens (tertiary/aromatic N) is 6. The molecule has 9 nitrogen and oxygen atoms in total. The van der Waals surface area contributed by atoms with Crippen molar-refractivity contribution in [1.82, 2.24) is 19.8 Å². The Balaban J connectivity index is 0.000000372. The number of fused-ring (bicyclic) bond motifs is 2. The van der Waals surface area contributed by atoms with Crippen LogP contribution in [0.1, 0.15) is 66.7 Å². The lowest BCUT2D eigenvalue weighted by atomic mass is 9.85. The van der Waals surface area contributed by atoms with Crippen molar-refractivity contribution in [3.05, 3.63) is 58.8 Å². The first kappa shape index (κ1) is 30.5. The SMILES string of the molecule is C=CC(=O)N1CCN(c2nc(OC)nc3c2COC(c2cccc4c2CCCC4)C3)CC1.CC#N.CN1CCCC1. The van der Waals surface area contributed by atoms with Crippen LogP contribution in [0.5, 0.6) is 6.01 Å². The number of aryl methyl sites for hydroxylation is 1. The van der Waals surface area contributed by atoms with E-state index in [9.17, 15) is 4.79 Å². The lowest BCUT2D eigenvalue weighted by Crippen LogP contribution is -2.49. The summed E-state index contributed by atoms with van der Waals surface area (Å²) in [5, 5.41) is 7.32. The highest BCUT2D eigenvalue weighted by atomic mass is 16.5. The molecule has 1 atom stereocenters. The lowest BCUT2D eigenvalue weighted by Gasteiger charge is -2.37. The summed E-state index contributed by atoms with van der Waals surface area (Å²) in [5.74, 6) is 0.843. The molecule has 1 aliphatic carbocycles. The molecule has 0 bridgehead atoms. The molecule has 4 heterocycles. The van der Waals surface area contributed by atoms with E-state index in [1.54, 1.807) is 13.2 Å². The van der Waals surface area contributed by atoms with Crippen LogP contribution in [0.15, 0.2) is 30.9 Å². The Kier molecular flexibility index (Phi) is 11.1. The maximum absolute atomic E-state index is 11.9. The highest BCUT2D eigenvalue weighted by Crippen LogP contribution is 2.38. The van der Waals surface area contributed by atoms with E-state index in [1.165, 1.54) is 68.5 Å². The average molecular weight is 561 g/mol. The first-order valence-electron chi connectivity index (χ1n) is 14.8. The van der Waals surface area contributed by atoms with Crippen LogP contribution < -0.4 is 9.64 Å². The Hall–Kier alpha value is -3.48. The summed E-state index contributed by atoms with van der Waals surface area (Å²) in [5.41, 5.74) is 6.28. The molecule has 0 radical (unpaired) electrons. The molecule has 41 heavy (non-hydrogen) atoms. The van der Waals surface area contributed by atoms with Crippen molar-refractivity contribution >= 4 is 11.7 Å². The molecule has 220 valence electrons. The van der Waals surface area contributed by atoms with Crippen LogP contribution in [0, 0.1) is 11.3 Å². The first-order chi connectivity index (χ1) is 20.0. The fourth-order valence-electron chi connectivity index (χ4n) is 6.04. The molecule has 0 saturated carbocycles. The molecule has 0 N–H and O–H groups in total. The predicted octanol–water partition coefficient (Wildman–Crippen LogP) is 4.25. The summed E-state index contributed by atoms with van der Waals surface area (Å²) in [4.78, 5) is 27.7. The van der Waals surface area contributed by atoms with E-state index in [1.807, 2.05) is 4.90 Å². The number of hydrogen-bond donors (Lipinski definition) is 0. The Labute approximate surface area is 244 Å². The minimum atomic E-state index is -0.0238. The standard InChI is InChI=1S/C25H30N4O3.C5H11N.C2H3N/c1-3-23(30)28-11-13-29(14-12-28)24-20-16-32-22(15-21(20)26-25(27-24)31-2)19-10-6-8-17-7-4-5-9-18(17)19;1-6-4-2-3-5-6;1-2-3/h3,6,8,10,22H,1,4-5,7,9,11-16H2,2H3;2-5H2,1H3;1H3. The number of rotatable bonds is 4. The molecule has 4 aliphatic rings. The van der Waals surface area contributed by atoms with Gasteiger partial charge < -0.3 is 24.2 Å². The number of ether oxygens (including phenoxy) is 2. The number of carbonyl (C=O) groups excluding carboxylic acids is 1. The number of amides is 1. The van der Waals surface area contributed by atoms with Gasteiger partial charge in [0.25, 0.3) is 0 Å². The molecule has 6 rings (SSSR count). The Bertz CT molecular complexity index is 1230. The molecule has 9 heteroatoms. The van der Waals surface area contributed by atoms with Gasteiger partial charge in [0.05, 0.1) is 31.6 Å². The van der Waals surface area contributed by atoms with Crippen molar-refractivity contribution in [3.63, 3.8) is 0 Å². The van der Waals surface area contributed by atoms with Gasteiger partial charge in [0.15, 0.2) is 0 Å². The maximum Gasteiger partial charge on any atom is 0.318 e. The molecule has 2 fully saturated rings. The lowest BCUT2D eigenvalue weighted by molar-refractivity contribution is -0.126. The van der Waals surface area contributed by atoms with Crippen molar-refractivity contribution in [3.8, 4) is 12.1 Å². The fourth-order valence-corrected chi connectivity index (χ4v) is 6.04. The van der Waals surface area contributed by atoms with Gasteiger partial charge in [0.1, 0.15) is 5.82 Å². The normalized spacial score (nSPS) is 19.8. The summed E-state index contributed by atoms with van der Waals surface area (Å²) >= 11 is 0. The van der Waals surface area contributed by atoms with Gasteiger partial charge in [-0.1, -0.05) is 24.8 Å². The van der Waals surface area contributed by atoms with Gasteiger partial charge in [0.2, 0.25) is 5.91 Å². The van der Waals surface area contributed by atoms with Crippen molar-refractivity contribution < 1.29 is 14.3 Å². The first-order valence-corrected chi connectivity index (χ1v) is 14.8. The predicted molar refractivity (Wildman–Crippen MR) is 160 cm³/mol. The zero-order valence-electron chi connectivity index (χ0n) is 24.9. The second-order valence-corrected chi connectivity index (χ2v) is 10.9. The summed E-state index contributed by atoms with van der Waals surface area (Å²) in [6, 6.07) is 8.78. The average Bonchev–Trinajstić information content (AvgIpc) is 3.51. The second-order valence-electron chi connectivity index (χ2n) is 10.9. The number of anilines is 1. The third kappa shape index (κ3) is 7.63. The second kappa shape index (κ2) is 14.9. The topological polar surface area (TPSA) is 94.8 Å². The molecule has 1 unspecified atom stereocenters. The van der Waals surface area contributed by atoms with E-state index in [0.29, 0.717) is 45.2 Å². The number of piperazine rings is 1. The molecule has 2 aromatic rings. The Morgan fingerprint density at radius 1 is 1.07 bits per heavy atom. The molecule has 2 saturated heterocycles. The summed E-state index contributed by atoms with van der Waals surface area (Å²) in [7, 11) is 3.78. The molecule has 3 aliphatic heterocycles. The molecule has 1 aromatic carbocycles. The fraction of sp³-hybridized carbons (Fsp3) is 0.562. The van der Waals surface area contributed by atoms with Crippen molar-refractivity contribution in [2.75, 3.05) is 58.3 Å². The van der Waals surface area contributed by atoms with Gasteiger partial charge in [-0.2, -0.15) is 15.2 Å². The zero-order chi connectivity index (χ0) is 29.2. The van der Waals surface area contributed by atoms with E-state index in [4.69, 9.17) is 19.7 Å². The number of hydrogen-bond acceptors (Lipinski definition) is 8. The molecule has 1 aromatic heterocycles. The highest BCUT2D eigenvalue weighted by molar-refractivity contribution is 5.87. The summed E-state index contributed by atoms with van der Waals surface area (Å²) in [6.45, 7) is 10.9. The summed E-state index contributed by atoms with van der Waals surface area (Å²) in [6.07, 6.45) is 9.72. The third-order valence-electron chi connectivity index (χ3n) is 8.21. The Morgan fingerprint density at radius 3 is 2.41 bits per heavy atom. The minimum Gasteiger partial charge on any atom is -0.467 e. The van der Waals surface area contributed by atoms with E-state index >= 15 is 0 Å². The van der Waals surface area contributed by atoms with Crippen LogP contribution >= 0.6 is 0 Å². The summed E-state index contributed by atoms with van der Waals surface area (Å²) < 4.78 is 11.9. The smallest absolute Gasteiger partial charge is 0.318 e. The molecule has 1 amide bonds. The van der Waals surface area contributed by atoms with E-state index in [2.05, 4.69) is 46.6 Å². The van der Waals surface area contributed by atoms with Gasteiger partial charge in [0, 0.05) is 45.1 Å². The minimum absolute atomic E-state index is 0.00469. The van der Waals surface area contributed by atoms with Gasteiger partial charge >= 0.3 is 6.01 Å². The highest BCUT2D eigenvalue weighted by Gasteiger charge is 2.31. The monoisotopic (exact) mass is 560 g/mol. The van der Waals surface area contributed by atoms with E-state index < -0.39 is 0 Å². The zero-order valence-corrected chi connectivity index (χ0v) is 24.9. The molecule has 0 spiro atoms. The molecular formula is C32H44N6O3. The van der Waals surface area contributed by atoms with Gasteiger partial charge in [-0.05, 0) is 81.4 Å². The number of aromatic nitrogens is 2. The van der Waals surface area contributed by atoms with Crippen molar-refractivity contribution in [2.45, 2.75) is 64.6 Å². The van der Waals surface area contributed by atoms with Gasteiger partial charge in [-0.25, -0.2) is 0 Å². The number of carbonyl (C=O) groups is 1. The van der Waals surface area contributed by atoms with Crippen molar-refractivity contribution in [2.24, 2.45) is 0 Å².